The van der Waals surface area contributed by atoms with Gasteiger partial charge in [0.1, 0.15) is 0 Å². The van der Waals surface area contributed by atoms with Crippen molar-refractivity contribution in [1.82, 2.24) is 4.57 Å². The molecule has 0 spiro atoms. The Labute approximate surface area is 326 Å². The van der Waals surface area contributed by atoms with E-state index in [2.05, 4.69) is 210 Å². The van der Waals surface area contributed by atoms with Crippen LogP contribution in [0, 0.1) is 0 Å². The molecule has 2 nitrogen and oxygen atoms in total. The molecule has 0 saturated carbocycles. The Morgan fingerprint density at radius 2 is 1.00 bits per heavy atom. The van der Waals surface area contributed by atoms with Crippen molar-refractivity contribution in [3.05, 3.63) is 206 Å². The van der Waals surface area contributed by atoms with Crippen LogP contribution in [-0.2, 0) is 0 Å². The van der Waals surface area contributed by atoms with Gasteiger partial charge in [0.25, 0.3) is 0 Å². The molecule has 1 heterocycles. The van der Waals surface area contributed by atoms with Crippen LogP contribution in [-0.4, -0.2) is 4.57 Å². The molecule has 0 amide bonds. The summed E-state index contributed by atoms with van der Waals surface area (Å²) >= 11 is 4.81. The van der Waals surface area contributed by atoms with Crippen LogP contribution in [0.2, 0.25) is 0 Å². The first-order valence-corrected chi connectivity index (χ1v) is 19.1. The van der Waals surface area contributed by atoms with Gasteiger partial charge in [0.05, 0.1) is 11.0 Å². The number of benzene rings is 9. The van der Waals surface area contributed by atoms with Gasteiger partial charge in [-0.05, 0) is 110 Å². The molecular weight excluding hydrogens is 685 g/mol. The topological polar surface area (TPSA) is 17.0 Å². The van der Waals surface area contributed by atoms with Gasteiger partial charge in [-0.3, -0.25) is 0 Å². The first-order chi connectivity index (χ1) is 27.2. The summed E-state index contributed by atoms with van der Waals surface area (Å²) < 4.78 is 2.41. The molecule has 55 heavy (non-hydrogen) atoms. The van der Waals surface area contributed by atoms with Gasteiger partial charge >= 0.3 is 0 Å². The van der Waals surface area contributed by atoms with E-state index in [0.29, 0.717) is 0 Å². The summed E-state index contributed by atoms with van der Waals surface area (Å²) in [6, 6.07) is 74.0. The van der Waals surface area contributed by atoms with Gasteiger partial charge < -0.3 is 9.88 Å². The molecule has 0 atom stereocenters. The number of anilines is 2. The minimum absolute atomic E-state index is 0.968. The van der Waals surface area contributed by atoms with E-state index >= 15 is 0 Å². The average Bonchev–Trinajstić information content (AvgIpc) is 3.57. The fourth-order valence-electron chi connectivity index (χ4n) is 7.92. The van der Waals surface area contributed by atoms with Crippen LogP contribution in [0.25, 0.3) is 82.8 Å². The number of hydrogen-bond acceptors (Lipinski definition) is 2. The van der Waals surface area contributed by atoms with E-state index in [1.807, 2.05) is 6.07 Å². The molecule has 9 aromatic carbocycles. The lowest BCUT2D eigenvalue weighted by molar-refractivity contribution is 1.19. The highest BCUT2D eigenvalue weighted by Gasteiger charge is 2.16. The molecule has 0 fully saturated rings. The van der Waals surface area contributed by atoms with Crippen LogP contribution in [0.4, 0.5) is 11.4 Å². The number of nitrogens with zero attached hydrogens (tertiary/aromatic N) is 1. The number of aromatic nitrogens is 1. The first kappa shape index (κ1) is 32.8. The second-order valence-electron chi connectivity index (χ2n) is 14.0. The molecule has 1 aromatic heterocycles. The predicted molar refractivity (Wildman–Crippen MR) is 237 cm³/mol. The Morgan fingerprint density at radius 1 is 0.364 bits per heavy atom. The summed E-state index contributed by atoms with van der Waals surface area (Å²) in [6.45, 7) is 0. The highest BCUT2D eigenvalue weighted by molar-refractivity contribution is 7.80. The van der Waals surface area contributed by atoms with E-state index in [1.165, 1.54) is 54.8 Å². The zero-order valence-electron chi connectivity index (χ0n) is 30.0. The molecule has 0 aliphatic rings. The molecule has 260 valence electrons. The van der Waals surface area contributed by atoms with Crippen LogP contribution in [0.15, 0.2) is 211 Å². The maximum Gasteiger partial charge on any atom is 0.0547 e. The van der Waals surface area contributed by atoms with Crippen LogP contribution in [0.3, 0.4) is 0 Å². The lowest BCUT2D eigenvalue weighted by atomic mass is 9.96. The van der Waals surface area contributed by atoms with E-state index in [1.54, 1.807) is 0 Å². The maximum atomic E-state index is 4.81. The third-order valence-corrected chi connectivity index (χ3v) is 11.1. The third kappa shape index (κ3) is 6.15. The van der Waals surface area contributed by atoms with E-state index in [9.17, 15) is 0 Å². The molecule has 3 heteroatoms. The zero-order valence-corrected chi connectivity index (χ0v) is 30.9. The van der Waals surface area contributed by atoms with Crippen molar-refractivity contribution in [2.75, 3.05) is 5.32 Å². The Kier molecular flexibility index (Phi) is 8.28. The van der Waals surface area contributed by atoms with Gasteiger partial charge in [-0.15, -0.1) is 12.6 Å². The van der Waals surface area contributed by atoms with Crippen molar-refractivity contribution in [3.8, 4) is 50.2 Å². The number of hydrogen-bond donors (Lipinski definition) is 2. The number of fused-ring (bicyclic) bond motifs is 4. The average molecular weight is 721 g/mol. The monoisotopic (exact) mass is 720 g/mol. The van der Waals surface area contributed by atoms with Gasteiger partial charge in [0.15, 0.2) is 0 Å². The quantitative estimate of drug-likeness (QED) is 0.157. The number of nitrogens with one attached hydrogen (secondary N) is 1. The Hall–Kier alpha value is -6.81. The molecule has 10 rings (SSSR count). The first-order valence-electron chi connectivity index (χ1n) is 18.6. The van der Waals surface area contributed by atoms with Gasteiger partial charge in [-0.25, -0.2) is 0 Å². The molecule has 0 radical (unpaired) electrons. The van der Waals surface area contributed by atoms with Crippen LogP contribution in [0.5, 0.6) is 0 Å². The van der Waals surface area contributed by atoms with Crippen molar-refractivity contribution in [2.24, 2.45) is 0 Å². The fourth-order valence-corrected chi connectivity index (χ4v) is 8.21. The molecule has 1 N–H and O–H groups in total. The number of thiol groups is 1. The van der Waals surface area contributed by atoms with Gasteiger partial charge in [-0.2, -0.15) is 0 Å². The molecule has 0 bridgehead atoms. The largest absolute Gasteiger partial charge is 0.355 e. The number of rotatable bonds is 7. The molecular formula is C52H36N2S. The second kappa shape index (κ2) is 13.9. The van der Waals surface area contributed by atoms with E-state index in [4.69, 9.17) is 12.6 Å². The highest BCUT2D eigenvalue weighted by Crippen LogP contribution is 2.40. The summed E-state index contributed by atoms with van der Waals surface area (Å²) in [4.78, 5) is 0.968. The summed E-state index contributed by atoms with van der Waals surface area (Å²) in [7, 11) is 0. The van der Waals surface area contributed by atoms with Crippen molar-refractivity contribution in [2.45, 2.75) is 4.90 Å². The van der Waals surface area contributed by atoms with E-state index in [-0.39, 0.29) is 0 Å². The van der Waals surface area contributed by atoms with E-state index < -0.39 is 0 Å². The standard InChI is InChI=1S/C52H36N2S/c55-52-20-9-7-18-46(52)42-24-29-47-48-33-40(25-30-50(48)54(51(47)34-42)44-28-23-36-13-4-5-14-39(36)32-44)38-15-10-16-41(31-38)45-17-6-8-19-49(45)53-43-26-21-37(22-27-43)35-11-2-1-3-12-35/h1-34,53,55H. The predicted octanol–water partition coefficient (Wildman–Crippen LogP) is 14.6. The summed E-state index contributed by atoms with van der Waals surface area (Å²) in [6.07, 6.45) is 0. The van der Waals surface area contributed by atoms with Crippen LogP contribution >= 0.6 is 12.6 Å². The minimum atomic E-state index is 0.968. The lowest BCUT2D eigenvalue weighted by Gasteiger charge is -2.14. The molecule has 0 aliphatic heterocycles. The lowest BCUT2D eigenvalue weighted by Crippen LogP contribution is -1.94. The zero-order chi connectivity index (χ0) is 36.7. The van der Waals surface area contributed by atoms with Crippen LogP contribution < -0.4 is 5.32 Å². The molecule has 0 saturated heterocycles. The maximum absolute atomic E-state index is 4.81. The Balaban J connectivity index is 1.05. The molecule has 0 aliphatic carbocycles. The summed E-state index contributed by atoms with van der Waals surface area (Å²) in [5, 5.41) is 8.59. The second-order valence-corrected chi connectivity index (χ2v) is 14.5. The van der Waals surface area contributed by atoms with Crippen molar-refractivity contribution in [1.29, 1.82) is 0 Å². The Morgan fingerprint density at radius 3 is 1.85 bits per heavy atom. The van der Waals surface area contributed by atoms with E-state index in [0.717, 1.165) is 44.2 Å². The fraction of sp³-hybridized carbons (Fsp3) is 0. The van der Waals surface area contributed by atoms with Crippen LogP contribution in [0.1, 0.15) is 0 Å². The smallest absolute Gasteiger partial charge is 0.0547 e. The van der Waals surface area contributed by atoms with Gasteiger partial charge in [-0.1, -0.05) is 146 Å². The van der Waals surface area contributed by atoms with Gasteiger partial charge in [0, 0.05) is 38.3 Å². The minimum Gasteiger partial charge on any atom is -0.355 e. The third-order valence-electron chi connectivity index (χ3n) is 10.7. The van der Waals surface area contributed by atoms with Gasteiger partial charge in [0.2, 0.25) is 0 Å². The normalized spacial score (nSPS) is 11.4. The summed E-state index contributed by atoms with van der Waals surface area (Å²) in [5.74, 6) is 0. The van der Waals surface area contributed by atoms with Crippen molar-refractivity contribution in [3.63, 3.8) is 0 Å². The molecule has 0 unspecified atom stereocenters. The van der Waals surface area contributed by atoms with Crippen molar-refractivity contribution < 1.29 is 0 Å². The highest BCUT2D eigenvalue weighted by atomic mass is 32.1. The SMILES string of the molecule is Sc1ccccc1-c1ccc2c3cc(-c4cccc(-c5ccccc5Nc5ccc(-c6ccccc6)cc5)c4)ccc3n(-c3ccc4ccccc4c3)c2c1. The number of para-hydroxylation sites is 1. The molecule has 10 aromatic rings. The van der Waals surface area contributed by atoms with Crippen molar-refractivity contribution >= 4 is 56.6 Å². The Bertz CT molecular complexity index is 3010. The summed E-state index contributed by atoms with van der Waals surface area (Å²) in [5.41, 5.74) is 15.0.